The molecule has 0 atom stereocenters. The minimum absolute atomic E-state index is 0.0422. The van der Waals surface area contributed by atoms with Crippen molar-refractivity contribution < 1.29 is 27.2 Å². The highest BCUT2D eigenvalue weighted by Gasteiger charge is 2.31. The number of hydrogen-bond acceptors (Lipinski definition) is 7. The standard InChI is InChI=1S/C27H17F3N4O5/c1-38-24-14-18(34(36)37)9-11-21(24)23-12-10-19(39-23)15-31-33-25(16-5-4-6-17(13-16)27(28,29)30)32-22-8-3-2-7-20(22)26(33)35/h2-15H,1H3. The number of hydrogen-bond donors (Lipinski definition) is 0. The van der Waals surface area contributed by atoms with Crippen LogP contribution in [0.5, 0.6) is 5.75 Å². The lowest BCUT2D eigenvalue weighted by molar-refractivity contribution is -0.384. The van der Waals surface area contributed by atoms with Crippen LogP contribution in [0.1, 0.15) is 11.3 Å². The van der Waals surface area contributed by atoms with Crippen LogP contribution >= 0.6 is 0 Å². The van der Waals surface area contributed by atoms with Crippen molar-refractivity contribution >= 4 is 22.8 Å². The summed E-state index contributed by atoms with van der Waals surface area (Å²) in [5, 5.41) is 15.5. The van der Waals surface area contributed by atoms with E-state index in [1.165, 1.54) is 43.7 Å². The van der Waals surface area contributed by atoms with Crippen LogP contribution in [0.3, 0.4) is 0 Å². The van der Waals surface area contributed by atoms with Crippen LogP contribution in [0.2, 0.25) is 0 Å². The SMILES string of the molecule is COc1cc([N+](=O)[O-])ccc1-c1ccc(C=Nn2c(-c3cccc(C(F)(F)F)c3)nc3ccccc3c2=O)o1. The Morgan fingerprint density at radius 2 is 1.85 bits per heavy atom. The summed E-state index contributed by atoms with van der Waals surface area (Å²) in [6.07, 6.45) is -3.37. The molecule has 0 aliphatic rings. The summed E-state index contributed by atoms with van der Waals surface area (Å²) in [4.78, 5) is 28.2. The summed E-state index contributed by atoms with van der Waals surface area (Å²) < 4.78 is 52.1. The number of fused-ring (bicyclic) bond motifs is 1. The predicted molar refractivity (Wildman–Crippen MR) is 137 cm³/mol. The molecule has 0 N–H and O–H groups in total. The number of methoxy groups -OCH3 is 1. The van der Waals surface area contributed by atoms with Gasteiger partial charge in [0.05, 0.1) is 46.3 Å². The summed E-state index contributed by atoms with van der Waals surface area (Å²) in [6.45, 7) is 0. The van der Waals surface area contributed by atoms with E-state index in [9.17, 15) is 28.1 Å². The molecular weight excluding hydrogens is 517 g/mol. The number of nitro groups is 1. The normalized spacial score (nSPS) is 11.8. The largest absolute Gasteiger partial charge is 0.496 e. The van der Waals surface area contributed by atoms with Crippen LogP contribution in [0.25, 0.3) is 33.6 Å². The number of para-hydroxylation sites is 1. The highest BCUT2D eigenvalue weighted by Crippen LogP contribution is 2.34. The van der Waals surface area contributed by atoms with Crippen molar-refractivity contribution in [3.63, 3.8) is 0 Å². The maximum Gasteiger partial charge on any atom is 0.416 e. The lowest BCUT2D eigenvalue weighted by atomic mass is 10.1. The predicted octanol–water partition coefficient (Wildman–Crippen LogP) is 6.14. The second-order valence-electron chi connectivity index (χ2n) is 8.24. The van der Waals surface area contributed by atoms with Crippen molar-refractivity contribution in [2.24, 2.45) is 5.10 Å². The Labute approximate surface area is 217 Å². The quantitative estimate of drug-likeness (QED) is 0.147. The molecule has 0 fully saturated rings. The third kappa shape index (κ3) is 4.99. The molecule has 0 saturated heterocycles. The van der Waals surface area contributed by atoms with E-state index in [1.54, 1.807) is 36.4 Å². The number of rotatable bonds is 6. The van der Waals surface area contributed by atoms with Crippen LogP contribution in [0, 0.1) is 10.1 Å². The molecule has 0 radical (unpaired) electrons. The Morgan fingerprint density at radius 3 is 2.59 bits per heavy atom. The number of furan rings is 1. The summed E-state index contributed by atoms with van der Waals surface area (Å²) in [7, 11) is 1.36. The van der Waals surface area contributed by atoms with Crippen molar-refractivity contribution in [3.8, 4) is 28.5 Å². The maximum atomic E-state index is 13.4. The number of nitro benzene ring substituents is 1. The Balaban J connectivity index is 1.59. The van der Waals surface area contributed by atoms with E-state index in [2.05, 4.69) is 10.1 Å². The smallest absolute Gasteiger partial charge is 0.416 e. The van der Waals surface area contributed by atoms with Gasteiger partial charge in [-0.25, -0.2) is 4.98 Å². The second kappa shape index (κ2) is 9.89. The van der Waals surface area contributed by atoms with Gasteiger partial charge in [0.15, 0.2) is 5.82 Å². The molecule has 0 aliphatic carbocycles. The average molecular weight is 534 g/mol. The zero-order valence-corrected chi connectivity index (χ0v) is 20.0. The van der Waals surface area contributed by atoms with Gasteiger partial charge in [-0.1, -0.05) is 24.3 Å². The molecule has 5 aromatic rings. The molecular formula is C27H17F3N4O5. The third-order valence-electron chi connectivity index (χ3n) is 5.79. The lowest BCUT2D eigenvalue weighted by Gasteiger charge is -2.11. The van der Waals surface area contributed by atoms with Gasteiger partial charge in [-0.2, -0.15) is 22.9 Å². The van der Waals surface area contributed by atoms with E-state index in [-0.39, 0.29) is 34.0 Å². The van der Waals surface area contributed by atoms with Gasteiger partial charge in [-0.05, 0) is 42.5 Å². The number of ether oxygens (including phenoxy) is 1. The Kier molecular flexibility index (Phi) is 6.44. The fourth-order valence-corrected chi connectivity index (χ4v) is 3.93. The van der Waals surface area contributed by atoms with Crippen molar-refractivity contribution in [1.82, 2.24) is 9.66 Å². The van der Waals surface area contributed by atoms with Crippen molar-refractivity contribution in [2.45, 2.75) is 6.18 Å². The van der Waals surface area contributed by atoms with E-state index < -0.39 is 22.2 Å². The van der Waals surface area contributed by atoms with Gasteiger partial charge in [0.1, 0.15) is 17.3 Å². The molecule has 39 heavy (non-hydrogen) atoms. The van der Waals surface area contributed by atoms with Crippen molar-refractivity contribution in [2.75, 3.05) is 7.11 Å². The molecule has 9 nitrogen and oxygen atoms in total. The van der Waals surface area contributed by atoms with Gasteiger partial charge < -0.3 is 9.15 Å². The molecule has 12 heteroatoms. The summed E-state index contributed by atoms with van der Waals surface area (Å²) in [5.41, 5.74) is -0.864. The number of nitrogens with zero attached hydrogens (tertiary/aromatic N) is 4. The molecule has 0 spiro atoms. The molecule has 3 aromatic carbocycles. The number of alkyl halides is 3. The highest BCUT2D eigenvalue weighted by molar-refractivity contribution is 5.81. The van der Waals surface area contributed by atoms with Crippen molar-refractivity contribution in [3.05, 3.63) is 111 Å². The molecule has 0 amide bonds. The van der Waals surface area contributed by atoms with Crippen LogP contribution in [-0.2, 0) is 6.18 Å². The van der Waals surface area contributed by atoms with Crippen LogP contribution in [0.15, 0.2) is 93.2 Å². The minimum Gasteiger partial charge on any atom is -0.496 e. The minimum atomic E-state index is -4.59. The molecule has 0 saturated carbocycles. The van der Waals surface area contributed by atoms with Gasteiger partial charge in [0.25, 0.3) is 11.2 Å². The fraction of sp³-hybridized carbons (Fsp3) is 0.0741. The molecule has 2 aromatic heterocycles. The van der Waals surface area contributed by atoms with Gasteiger partial charge in [-0.3, -0.25) is 14.9 Å². The van der Waals surface area contributed by atoms with E-state index in [0.29, 0.717) is 16.8 Å². The molecule has 0 unspecified atom stereocenters. The maximum absolute atomic E-state index is 13.4. The van der Waals surface area contributed by atoms with Crippen LogP contribution in [0.4, 0.5) is 18.9 Å². The Bertz CT molecular complexity index is 1810. The molecule has 5 rings (SSSR count). The van der Waals surface area contributed by atoms with E-state index in [1.807, 2.05) is 0 Å². The van der Waals surface area contributed by atoms with Crippen molar-refractivity contribution in [1.29, 1.82) is 0 Å². The topological polar surface area (TPSA) is 113 Å². The first-order chi connectivity index (χ1) is 18.7. The van der Waals surface area contributed by atoms with E-state index >= 15 is 0 Å². The zero-order chi connectivity index (χ0) is 27.7. The van der Waals surface area contributed by atoms with Gasteiger partial charge in [0.2, 0.25) is 0 Å². The van der Waals surface area contributed by atoms with Crippen LogP contribution in [-0.4, -0.2) is 27.9 Å². The molecule has 2 heterocycles. The Hall–Kier alpha value is -5.26. The molecule has 0 bridgehead atoms. The highest BCUT2D eigenvalue weighted by atomic mass is 19.4. The number of non-ortho nitro benzene ring substituents is 1. The zero-order valence-electron chi connectivity index (χ0n) is 20.0. The fourth-order valence-electron chi connectivity index (χ4n) is 3.93. The number of benzene rings is 3. The van der Waals surface area contributed by atoms with E-state index in [4.69, 9.17) is 9.15 Å². The summed E-state index contributed by atoms with van der Waals surface area (Å²) >= 11 is 0. The van der Waals surface area contributed by atoms with Gasteiger partial charge in [0, 0.05) is 11.6 Å². The Morgan fingerprint density at radius 1 is 1.05 bits per heavy atom. The first kappa shape index (κ1) is 25.4. The number of aromatic nitrogens is 2. The van der Waals surface area contributed by atoms with Gasteiger partial charge in [-0.15, -0.1) is 0 Å². The monoisotopic (exact) mass is 534 g/mol. The summed E-state index contributed by atoms with van der Waals surface area (Å²) in [6, 6.07) is 18.0. The van der Waals surface area contributed by atoms with E-state index in [0.717, 1.165) is 16.8 Å². The first-order valence-corrected chi connectivity index (χ1v) is 11.3. The third-order valence-corrected chi connectivity index (χ3v) is 5.79. The number of halogens is 3. The average Bonchev–Trinajstić information content (AvgIpc) is 3.40. The lowest BCUT2D eigenvalue weighted by Crippen LogP contribution is -2.20. The summed E-state index contributed by atoms with van der Waals surface area (Å²) in [5.74, 6) is 0.624. The second-order valence-corrected chi connectivity index (χ2v) is 8.24. The molecule has 0 aliphatic heterocycles. The van der Waals surface area contributed by atoms with Gasteiger partial charge >= 0.3 is 6.18 Å². The van der Waals surface area contributed by atoms with Crippen LogP contribution < -0.4 is 10.3 Å². The molecule has 196 valence electrons. The first-order valence-electron chi connectivity index (χ1n) is 11.3.